The number of rotatable bonds is 5. The van der Waals surface area contributed by atoms with E-state index in [9.17, 15) is 10.1 Å². The number of imidazole rings is 1. The van der Waals surface area contributed by atoms with Gasteiger partial charge in [-0.25, -0.2) is 4.98 Å². The molecule has 0 amide bonds. The van der Waals surface area contributed by atoms with Crippen LogP contribution in [0.2, 0.25) is 0 Å². The van der Waals surface area contributed by atoms with Crippen molar-refractivity contribution in [1.82, 2.24) is 9.97 Å². The molecule has 0 radical (unpaired) electrons. The van der Waals surface area contributed by atoms with Crippen molar-refractivity contribution in [2.24, 2.45) is 0 Å². The molecule has 0 aliphatic rings. The molecule has 0 saturated carbocycles. The molecule has 1 aromatic heterocycles. The number of hydrogen-bond donors (Lipinski definition) is 2. The highest BCUT2D eigenvalue weighted by Gasteiger charge is 2.15. The number of aromatic nitrogens is 2. The summed E-state index contributed by atoms with van der Waals surface area (Å²) in [5.41, 5.74) is 1.82. The number of nitro benzene ring substituents is 1. The summed E-state index contributed by atoms with van der Waals surface area (Å²) in [7, 11) is 0. The SMILES string of the molecule is CCC(Nc1cc([N+](=O)[O-])ccc1C)c1ncc[nH]1. The quantitative estimate of drug-likeness (QED) is 0.638. The molecule has 0 saturated heterocycles. The monoisotopic (exact) mass is 260 g/mol. The van der Waals surface area contributed by atoms with Gasteiger partial charge in [0.15, 0.2) is 0 Å². The van der Waals surface area contributed by atoms with Gasteiger partial charge in [0.25, 0.3) is 5.69 Å². The average molecular weight is 260 g/mol. The first-order valence-electron chi connectivity index (χ1n) is 6.12. The molecule has 0 bridgehead atoms. The molecule has 0 aliphatic heterocycles. The van der Waals surface area contributed by atoms with Crippen LogP contribution in [0.4, 0.5) is 11.4 Å². The van der Waals surface area contributed by atoms with E-state index in [2.05, 4.69) is 15.3 Å². The molecular formula is C13H16N4O2. The molecule has 0 fully saturated rings. The van der Waals surface area contributed by atoms with Crippen molar-refractivity contribution in [3.8, 4) is 0 Å². The van der Waals surface area contributed by atoms with Crippen LogP contribution < -0.4 is 5.32 Å². The molecule has 6 nitrogen and oxygen atoms in total. The zero-order valence-corrected chi connectivity index (χ0v) is 10.9. The van der Waals surface area contributed by atoms with E-state index in [1.54, 1.807) is 24.5 Å². The van der Waals surface area contributed by atoms with Crippen LogP contribution in [0, 0.1) is 17.0 Å². The van der Waals surface area contributed by atoms with E-state index < -0.39 is 4.92 Å². The lowest BCUT2D eigenvalue weighted by Crippen LogP contribution is -2.12. The summed E-state index contributed by atoms with van der Waals surface area (Å²) in [6.07, 6.45) is 4.29. The molecule has 2 aromatic rings. The lowest BCUT2D eigenvalue weighted by atomic mass is 10.1. The minimum absolute atomic E-state index is 0.00991. The maximum Gasteiger partial charge on any atom is 0.271 e. The Morgan fingerprint density at radius 1 is 1.53 bits per heavy atom. The van der Waals surface area contributed by atoms with Gasteiger partial charge in [0.2, 0.25) is 0 Å². The Morgan fingerprint density at radius 3 is 2.89 bits per heavy atom. The van der Waals surface area contributed by atoms with E-state index in [1.807, 2.05) is 13.8 Å². The molecule has 1 heterocycles. The van der Waals surface area contributed by atoms with Crippen LogP contribution in [0.15, 0.2) is 30.6 Å². The van der Waals surface area contributed by atoms with E-state index in [0.29, 0.717) is 0 Å². The number of H-pyrrole nitrogens is 1. The summed E-state index contributed by atoms with van der Waals surface area (Å²) in [6.45, 7) is 3.95. The van der Waals surface area contributed by atoms with E-state index in [1.165, 1.54) is 6.07 Å². The van der Waals surface area contributed by atoms with Gasteiger partial charge in [-0.1, -0.05) is 13.0 Å². The predicted octanol–water partition coefficient (Wildman–Crippen LogP) is 3.19. The van der Waals surface area contributed by atoms with Gasteiger partial charge in [-0.2, -0.15) is 0 Å². The third-order valence-corrected chi connectivity index (χ3v) is 3.02. The van der Waals surface area contributed by atoms with Gasteiger partial charge in [0, 0.05) is 30.2 Å². The normalized spacial score (nSPS) is 12.1. The lowest BCUT2D eigenvalue weighted by molar-refractivity contribution is -0.384. The smallest absolute Gasteiger partial charge is 0.271 e. The number of anilines is 1. The highest BCUT2D eigenvalue weighted by Crippen LogP contribution is 2.26. The van der Waals surface area contributed by atoms with E-state index >= 15 is 0 Å². The van der Waals surface area contributed by atoms with Gasteiger partial charge in [-0.05, 0) is 18.9 Å². The third kappa shape index (κ3) is 2.90. The summed E-state index contributed by atoms with van der Waals surface area (Å²) < 4.78 is 0. The fourth-order valence-electron chi connectivity index (χ4n) is 1.90. The summed E-state index contributed by atoms with van der Waals surface area (Å²) in [5.74, 6) is 0.827. The largest absolute Gasteiger partial charge is 0.375 e. The van der Waals surface area contributed by atoms with Crippen molar-refractivity contribution < 1.29 is 4.92 Å². The van der Waals surface area contributed by atoms with Crippen molar-refractivity contribution in [2.75, 3.05) is 5.32 Å². The number of benzene rings is 1. The number of hydrogen-bond acceptors (Lipinski definition) is 4. The molecule has 1 unspecified atom stereocenters. The van der Waals surface area contributed by atoms with Gasteiger partial charge in [-0.3, -0.25) is 10.1 Å². The predicted molar refractivity (Wildman–Crippen MR) is 73.1 cm³/mol. The molecule has 6 heteroatoms. The van der Waals surface area contributed by atoms with Crippen LogP contribution in [-0.2, 0) is 0 Å². The minimum atomic E-state index is -0.390. The van der Waals surface area contributed by atoms with Crippen molar-refractivity contribution in [1.29, 1.82) is 0 Å². The zero-order valence-electron chi connectivity index (χ0n) is 10.9. The first-order valence-corrected chi connectivity index (χ1v) is 6.12. The first-order chi connectivity index (χ1) is 9.11. The zero-order chi connectivity index (χ0) is 13.8. The van der Waals surface area contributed by atoms with Crippen molar-refractivity contribution in [3.05, 3.63) is 52.1 Å². The van der Waals surface area contributed by atoms with Crippen molar-refractivity contribution in [2.45, 2.75) is 26.3 Å². The second kappa shape index (κ2) is 5.51. The maximum atomic E-state index is 10.8. The summed E-state index contributed by atoms with van der Waals surface area (Å²) in [6, 6.07) is 4.82. The van der Waals surface area contributed by atoms with Crippen LogP contribution in [0.3, 0.4) is 0 Å². The summed E-state index contributed by atoms with van der Waals surface area (Å²) in [5, 5.41) is 14.1. The second-order valence-electron chi connectivity index (χ2n) is 4.34. The summed E-state index contributed by atoms with van der Waals surface area (Å²) >= 11 is 0. The van der Waals surface area contributed by atoms with Gasteiger partial charge in [0.05, 0.1) is 11.0 Å². The Hall–Kier alpha value is -2.37. The van der Waals surface area contributed by atoms with Crippen LogP contribution >= 0.6 is 0 Å². The van der Waals surface area contributed by atoms with Crippen LogP contribution in [0.1, 0.15) is 30.8 Å². The maximum absolute atomic E-state index is 10.8. The number of aryl methyl sites for hydroxylation is 1. The molecule has 1 aromatic carbocycles. The molecule has 2 rings (SSSR count). The van der Waals surface area contributed by atoms with Gasteiger partial charge >= 0.3 is 0 Å². The molecule has 0 spiro atoms. The lowest BCUT2D eigenvalue weighted by Gasteiger charge is -2.17. The van der Waals surface area contributed by atoms with E-state index in [-0.39, 0.29) is 11.7 Å². The Bertz CT molecular complexity index is 566. The Labute approximate surface area is 111 Å². The van der Waals surface area contributed by atoms with Gasteiger partial charge in [0.1, 0.15) is 5.82 Å². The highest BCUT2D eigenvalue weighted by molar-refractivity contribution is 5.57. The van der Waals surface area contributed by atoms with E-state index in [4.69, 9.17) is 0 Å². The minimum Gasteiger partial charge on any atom is -0.375 e. The van der Waals surface area contributed by atoms with Crippen molar-refractivity contribution >= 4 is 11.4 Å². The van der Waals surface area contributed by atoms with Crippen molar-refractivity contribution in [3.63, 3.8) is 0 Å². The Kier molecular flexibility index (Phi) is 3.79. The topological polar surface area (TPSA) is 83.8 Å². The fraction of sp³-hybridized carbons (Fsp3) is 0.308. The van der Waals surface area contributed by atoms with Gasteiger partial charge < -0.3 is 10.3 Å². The van der Waals surface area contributed by atoms with Crippen LogP contribution in [0.5, 0.6) is 0 Å². The average Bonchev–Trinajstić information content (AvgIpc) is 2.91. The number of aromatic amines is 1. The molecule has 19 heavy (non-hydrogen) atoms. The number of nitrogens with one attached hydrogen (secondary N) is 2. The number of non-ortho nitro benzene ring substituents is 1. The van der Waals surface area contributed by atoms with Gasteiger partial charge in [-0.15, -0.1) is 0 Å². The Balaban J connectivity index is 2.26. The number of nitro groups is 1. The first kappa shape index (κ1) is 13.1. The molecule has 1 atom stereocenters. The van der Waals surface area contributed by atoms with Crippen LogP contribution in [-0.4, -0.2) is 14.9 Å². The molecule has 2 N–H and O–H groups in total. The number of nitrogens with zero attached hydrogens (tertiary/aromatic N) is 2. The van der Waals surface area contributed by atoms with Crippen LogP contribution in [0.25, 0.3) is 0 Å². The second-order valence-corrected chi connectivity index (χ2v) is 4.34. The third-order valence-electron chi connectivity index (χ3n) is 3.02. The molecule has 0 aliphatic carbocycles. The highest BCUT2D eigenvalue weighted by atomic mass is 16.6. The fourth-order valence-corrected chi connectivity index (χ4v) is 1.90. The summed E-state index contributed by atoms with van der Waals surface area (Å²) in [4.78, 5) is 17.7. The Morgan fingerprint density at radius 2 is 2.32 bits per heavy atom. The van der Waals surface area contributed by atoms with E-state index in [0.717, 1.165) is 23.5 Å². The molecule has 100 valence electrons. The standard InChI is InChI=1S/C13H16N4O2/c1-3-11(13-14-6-7-15-13)16-12-8-10(17(18)19)5-4-9(12)2/h4-8,11,16H,3H2,1-2H3,(H,14,15). The molecular weight excluding hydrogens is 244 g/mol.